The van der Waals surface area contributed by atoms with Crippen molar-refractivity contribution in [1.82, 2.24) is 19.1 Å². The van der Waals surface area contributed by atoms with Gasteiger partial charge < -0.3 is 0 Å². The molecule has 0 atom stereocenters. The van der Waals surface area contributed by atoms with Crippen molar-refractivity contribution in [1.29, 1.82) is 0 Å². The van der Waals surface area contributed by atoms with E-state index in [1.165, 1.54) is 12.1 Å². The van der Waals surface area contributed by atoms with Crippen LogP contribution in [0, 0.1) is 11.6 Å². The molecule has 6 aromatic carbocycles. The fourth-order valence-electron chi connectivity index (χ4n) is 7.04. The minimum absolute atomic E-state index is 0.394. The zero-order chi connectivity index (χ0) is 35.0. The highest BCUT2D eigenvalue weighted by molar-refractivity contribution is 5.95. The molecule has 0 spiro atoms. The number of hydrogen-bond donors (Lipinski definition) is 0. The van der Waals surface area contributed by atoms with Gasteiger partial charge in [-0.05, 0) is 107 Å². The van der Waals surface area contributed by atoms with Crippen LogP contribution in [0.5, 0.6) is 0 Å². The van der Waals surface area contributed by atoms with Crippen molar-refractivity contribution in [2.45, 2.75) is 0 Å². The summed E-state index contributed by atoms with van der Waals surface area (Å²) in [6, 6.07) is 49.5. The van der Waals surface area contributed by atoms with E-state index in [0.29, 0.717) is 44.8 Å². The van der Waals surface area contributed by atoms with E-state index in [4.69, 9.17) is 9.97 Å². The Morgan fingerprint density at radius 2 is 0.750 bits per heavy atom. The van der Waals surface area contributed by atoms with Crippen molar-refractivity contribution in [3.8, 4) is 33.6 Å². The van der Waals surface area contributed by atoms with E-state index in [2.05, 4.69) is 0 Å². The summed E-state index contributed by atoms with van der Waals surface area (Å²) >= 11 is 0. The van der Waals surface area contributed by atoms with Gasteiger partial charge in [0.2, 0.25) is 0 Å². The standard InChI is InChI=1S/C46H30F2N4/c47-35-25-33-27-39(29-35)51(37-17-9-3-10-18-37)44-24-22-42(50-44)46(32-15-7-2-8-16-32)34-26-36(48)30-40(28-34)52(38-19-11-4-12-20-38)43-23-21-41(49-43)45(33)31-13-5-1-6-14-31/h1-30H. The Balaban J connectivity index is 1.55. The predicted molar refractivity (Wildman–Crippen MR) is 208 cm³/mol. The molecule has 0 unspecified atom stereocenters. The predicted octanol–water partition coefficient (Wildman–Crippen LogP) is 11.8. The lowest BCUT2D eigenvalue weighted by molar-refractivity contribution is 0.629. The van der Waals surface area contributed by atoms with Crippen molar-refractivity contribution >= 4 is 46.1 Å². The quantitative estimate of drug-likeness (QED) is 0.186. The fraction of sp³-hybridized carbons (Fsp3) is 0. The Morgan fingerprint density at radius 3 is 1.13 bits per heavy atom. The molecule has 0 radical (unpaired) electrons. The summed E-state index contributed by atoms with van der Waals surface area (Å²) < 4.78 is 36.0. The van der Waals surface area contributed by atoms with Crippen LogP contribution in [0.4, 0.5) is 8.78 Å². The molecule has 0 saturated carbocycles. The molecule has 9 rings (SSSR count). The van der Waals surface area contributed by atoms with Gasteiger partial charge in [0.15, 0.2) is 0 Å². The molecule has 3 heterocycles. The Labute approximate surface area is 299 Å². The molecule has 8 bridgehead atoms. The number of aromatic nitrogens is 4. The van der Waals surface area contributed by atoms with Gasteiger partial charge in [0.1, 0.15) is 23.3 Å². The maximum Gasteiger partial charge on any atom is 0.138 e. The Kier molecular flexibility index (Phi) is 7.82. The monoisotopic (exact) mass is 676 g/mol. The number of rotatable bonds is 4. The largest absolute Gasteiger partial charge is 0.295 e. The van der Waals surface area contributed by atoms with Crippen LogP contribution in [0.2, 0.25) is 0 Å². The van der Waals surface area contributed by atoms with Crippen LogP contribution in [0.1, 0.15) is 23.0 Å². The van der Waals surface area contributed by atoms with Gasteiger partial charge in [-0.1, -0.05) is 97.1 Å². The summed E-state index contributed by atoms with van der Waals surface area (Å²) in [6.07, 6.45) is 7.74. The molecule has 2 aliphatic heterocycles. The van der Waals surface area contributed by atoms with Gasteiger partial charge in [-0.25, -0.2) is 18.7 Å². The maximum atomic E-state index is 16.0. The second-order valence-electron chi connectivity index (χ2n) is 12.6. The molecule has 0 fully saturated rings. The van der Waals surface area contributed by atoms with Gasteiger partial charge in [-0.2, -0.15) is 0 Å². The van der Waals surface area contributed by atoms with Crippen molar-refractivity contribution < 1.29 is 8.78 Å². The molecule has 2 aliphatic rings. The van der Waals surface area contributed by atoms with E-state index >= 15 is 8.78 Å². The number of fused-ring (bicyclic) bond motifs is 8. The lowest BCUT2D eigenvalue weighted by atomic mass is 10.00. The SMILES string of the molecule is Fc1cc2cc(c1)n(-c1ccccc1)c1nc(c(-c3ccccc3)c3cc(F)cc(c3)n(-c3ccccc3)c3nc(c2-c2ccccc2)C=C3)C=C1. The van der Waals surface area contributed by atoms with Crippen LogP contribution in [-0.2, 0) is 0 Å². The summed E-state index contributed by atoms with van der Waals surface area (Å²) in [6.45, 7) is 0. The topological polar surface area (TPSA) is 35.6 Å². The van der Waals surface area contributed by atoms with E-state index in [0.717, 1.165) is 33.6 Å². The second kappa shape index (κ2) is 13.1. The highest BCUT2D eigenvalue weighted by Crippen LogP contribution is 2.35. The van der Waals surface area contributed by atoms with Gasteiger partial charge in [0.25, 0.3) is 0 Å². The molecule has 0 amide bonds. The number of para-hydroxylation sites is 2. The molecule has 0 saturated heterocycles. The summed E-state index contributed by atoms with van der Waals surface area (Å²) in [4.78, 5) is 10.4. The van der Waals surface area contributed by atoms with Crippen LogP contribution in [0.25, 0.3) is 79.7 Å². The normalized spacial score (nSPS) is 11.9. The minimum Gasteiger partial charge on any atom is -0.295 e. The molecular formula is C46H30F2N4. The summed E-state index contributed by atoms with van der Waals surface area (Å²) in [5, 5.41) is 1.31. The van der Waals surface area contributed by atoms with E-state index in [-0.39, 0.29) is 0 Å². The Bertz CT molecular complexity index is 2360. The van der Waals surface area contributed by atoms with Crippen LogP contribution >= 0.6 is 0 Å². The van der Waals surface area contributed by atoms with Gasteiger partial charge in [-0.3, -0.25) is 9.13 Å². The average molecular weight is 677 g/mol. The van der Waals surface area contributed by atoms with Crippen LogP contribution < -0.4 is 0 Å². The number of halogens is 2. The van der Waals surface area contributed by atoms with E-state index in [9.17, 15) is 0 Å². The maximum absolute atomic E-state index is 16.0. The van der Waals surface area contributed by atoms with Crippen LogP contribution in [0.3, 0.4) is 0 Å². The molecule has 1 aromatic heterocycles. The van der Waals surface area contributed by atoms with E-state index < -0.39 is 11.6 Å². The molecule has 7 aromatic rings. The van der Waals surface area contributed by atoms with E-state index in [1.54, 1.807) is 12.1 Å². The van der Waals surface area contributed by atoms with E-state index in [1.807, 2.05) is 167 Å². The fourth-order valence-corrected chi connectivity index (χ4v) is 7.04. The zero-order valence-corrected chi connectivity index (χ0v) is 27.9. The average Bonchev–Trinajstić information content (AvgIpc) is 3.84. The molecule has 52 heavy (non-hydrogen) atoms. The zero-order valence-electron chi connectivity index (χ0n) is 27.9. The number of hydrogen-bond acceptors (Lipinski definition) is 2. The first kappa shape index (κ1) is 31.1. The smallest absolute Gasteiger partial charge is 0.138 e. The third-order valence-corrected chi connectivity index (χ3v) is 9.23. The third-order valence-electron chi connectivity index (χ3n) is 9.23. The first-order chi connectivity index (χ1) is 25.6. The minimum atomic E-state index is -0.394. The van der Waals surface area contributed by atoms with Crippen molar-refractivity contribution in [3.63, 3.8) is 0 Å². The summed E-state index contributed by atoms with van der Waals surface area (Å²) in [5.74, 6) is 0.399. The van der Waals surface area contributed by atoms with Crippen LogP contribution in [0.15, 0.2) is 158 Å². The highest BCUT2D eigenvalue weighted by Gasteiger charge is 2.17. The summed E-state index contributed by atoms with van der Waals surface area (Å²) in [7, 11) is 0. The number of benzene rings is 6. The number of nitrogens with zero attached hydrogens (tertiary/aromatic N) is 4. The van der Waals surface area contributed by atoms with Gasteiger partial charge >= 0.3 is 0 Å². The first-order valence-electron chi connectivity index (χ1n) is 17.0. The van der Waals surface area contributed by atoms with Crippen molar-refractivity contribution in [3.05, 3.63) is 192 Å². The lowest BCUT2D eigenvalue weighted by Gasteiger charge is -2.13. The van der Waals surface area contributed by atoms with Crippen molar-refractivity contribution in [2.75, 3.05) is 0 Å². The molecule has 248 valence electrons. The van der Waals surface area contributed by atoms with Crippen molar-refractivity contribution in [2.24, 2.45) is 0 Å². The second-order valence-corrected chi connectivity index (χ2v) is 12.6. The molecular weight excluding hydrogens is 647 g/mol. The summed E-state index contributed by atoms with van der Waals surface area (Å²) in [5.41, 5.74) is 7.40. The van der Waals surface area contributed by atoms with Gasteiger partial charge in [-0.15, -0.1) is 0 Å². The lowest BCUT2D eigenvalue weighted by Crippen LogP contribution is -2.02. The molecule has 6 heteroatoms. The Hall–Kier alpha value is -6.92. The first-order valence-corrected chi connectivity index (χ1v) is 17.0. The molecule has 0 aliphatic carbocycles. The van der Waals surface area contributed by atoms with Gasteiger partial charge in [0.05, 0.1) is 22.4 Å². The molecule has 0 N–H and O–H groups in total. The molecule has 4 nitrogen and oxygen atoms in total. The van der Waals surface area contributed by atoms with Crippen LogP contribution in [-0.4, -0.2) is 19.1 Å². The third kappa shape index (κ3) is 5.76. The highest BCUT2D eigenvalue weighted by atomic mass is 19.1. The Morgan fingerprint density at radius 1 is 0.385 bits per heavy atom. The van der Waals surface area contributed by atoms with Gasteiger partial charge in [0, 0.05) is 22.5 Å².